The van der Waals surface area contributed by atoms with Gasteiger partial charge in [0, 0.05) is 18.8 Å². The molecule has 0 unspecified atom stereocenters. The van der Waals surface area contributed by atoms with Crippen LogP contribution in [0, 0.1) is 5.92 Å². The van der Waals surface area contributed by atoms with Gasteiger partial charge in [-0.3, -0.25) is 0 Å². The highest BCUT2D eigenvalue weighted by atomic mass is 16.5. The summed E-state index contributed by atoms with van der Waals surface area (Å²) in [6.45, 7) is 6.88. The summed E-state index contributed by atoms with van der Waals surface area (Å²) in [5.74, 6) is 2.00. The van der Waals surface area contributed by atoms with Gasteiger partial charge in [0.2, 0.25) is 11.8 Å². The zero-order valence-electron chi connectivity index (χ0n) is 12.7. The van der Waals surface area contributed by atoms with Crippen LogP contribution in [0.2, 0.25) is 0 Å². The molecule has 0 amide bonds. The van der Waals surface area contributed by atoms with Crippen LogP contribution in [0.3, 0.4) is 0 Å². The van der Waals surface area contributed by atoms with E-state index >= 15 is 0 Å². The van der Waals surface area contributed by atoms with Crippen LogP contribution in [0.4, 0.5) is 5.95 Å². The monoisotopic (exact) mass is 278 g/mol. The molecule has 0 saturated heterocycles. The normalized spacial score (nSPS) is 26.6. The molecule has 0 aromatic carbocycles. The van der Waals surface area contributed by atoms with Gasteiger partial charge in [-0.1, -0.05) is 6.92 Å². The third-order valence-electron chi connectivity index (χ3n) is 3.99. The number of nitrogens with two attached hydrogens (primary N) is 1. The molecule has 3 N–H and O–H groups in total. The van der Waals surface area contributed by atoms with Gasteiger partial charge in [0.25, 0.3) is 0 Å². The number of ether oxygens (including phenoxy) is 1. The lowest BCUT2D eigenvalue weighted by atomic mass is 9.77. The molecule has 1 fully saturated rings. The highest BCUT2D eigenvalue weighted by Crippen LogP contribution is 2.33. The second kappa shape index (κ2) is 6.39. The van der Waals surface area contributed by atoms with E-state index < -0.39 is 0 Å². The summed E-state index contributed by atoms with van der Waals surface area (Å²) in [5, 5.41) is 3.45. The van der Waals surface area contributed by atoms with Crippen molar-refractivity contribution >= 4 is 5.95 Å². The number of nitrogens with one attached hydrogen (secondary N) is 1. The average molecular weight is 278 g/mol. The highest BCUT2D eigenvalue weighted by Gasteiger charge is 2.33. The summed E-state index contributed by atoms with van der Waals surface area (Å²) >= 11 is 0. The van der Waals surface area contributed by atoms with Crippen LogP contribution < -0.4 is 15.8 Å². The molecule has 1 aliphatic rings. The summed E-state index contributed by atoms with van der Waals surface area (Å²) in [7, 11) is 0. The Morgan fingerprint density at radius 3 is 2.75 bits per heavy atom. The maximum atomic E-state index is 6.00. The lowest BCUT2D eigenvalue weighted by Gasteiger charge is -2.39. The van der Waals surface area contributed by atoms with Crippen molar-refractivity contribution in [1.29, 1.82) is 0 Å². The van der Waals surface area contributed by atoms with Crippen molar-refractivity contribution in [1.82, 2.24) is 9.97 Å². The Hall–Kier alpha value is -1.36. The van der Waals surface area contributed by atoms with Gasteiger partial charge < -0.3 is 15.8 Å². The van der Waals surface area contributed by atoms with Crippen molar-refractivity contribution in [2.75, 3.05) is 11.9 Å². The number of anilines is 1. The van der Waals surface area contributed by atoms with Crippen molar-refractivity contribution in [3.05, 3.63) is 12.3 Å². The molecule has 1 heterocycles. The summed E-state index contributed by atoms with van der Waals surface area (Å²) in [4.78, 5) is 8.71. The molecule has 1 aromatic rings. The summed E-state index contributed by atoms with van der Waals surface area (Å²) in [6.07, 6.45) is 6.38. The van der Waals surface area contributed by atoms with Crippen molar-refractivity contribution in [2.45, 2.75) is 58.1 Å². The van der Waals surface area contributed by atoms with E-state index in [-0.39, 0.29) is 11.6 Å². The van der Waals surface area contributed by atoms with Crippen LogP contribution in [0.5, 0.6) is 5.88 Å². The first-order valence-corrected chi connectivity index (χ1v) is 7.51. The van der Waals surface area contributed by atoms with Gasteiger partial charge in [-0.25, -0.2) is 4.98 Å². The van der Waals surface area contributed by atoms with E-state index in [1.807, 2.05) is 13.8 Å². The van der Waals surface area contributed by atoms with E-state index in [0.29, 0.717) is 18.4 Å². The first kappa shape index (κ1) is 15.0. The molecule has 1 saturated carbocycles. The van der Waals surface area contributed by atoms with E-state index in [0.717, 1.165) is 18.8 Å². The van der Waals surface area contributed by atoms with Gasteiger partial charge in [-0.15, -0.1) is 0 Å². The molecule has 0 aliphatic heterocycles. The predicted molar refractivity (Wildman–Crippen MR) is 80.8 cm³/mol. The standard InChI is InChI=1S/C15H26N4O/c1-11(2)20-13-6-9-17-14(18-13)19-15(10-16)7-4-12(3)5-8-15/h6,9,11-12H,4-5,7-8,10,16H2,1-3H3,(H,17,18,19). The molecule has 20 heavy (non-hydrogen) atoms. The number of hydrogen-bond donors (Lipinski definition) is 2. The molecule has 112 valence electrons. The van der Waals surface area contributed by atoms with Gasteiger partial charge in [0.05, 0.1) is 11.6 Å². The lowest BCUT2D eigenvalue weighted by molar-refractivity contribution is 0.232. The quantitative estimate of drug-likeness (QED) is 0.866. The Balaban J connectivity index is 2.07. The minimum Gasteiger partial charge on any atom is -0.475 e. The maximum absolute atomic E-state index is 6.00. The largest absolute Gasteiger partial charge is 0.475 e. The van der Waals surface area contributed by atoms with Gasteiger partial charge in [0.15, 0.2) is 0 Å². The number of aromatic nitrogens is 2. The van der Waals surface area contributed by atoms with Gasteiger partial charge in [-0.2, -0.15) is 4.98 Å². The average Bonchev–Trinajstić information content (AvgIpc) is 2.41. The van der Waals surface area contributed by atoms with Gasteiger partial charge in [0.1, 0.15) is 0 Å². The van der Waals surface area contributed by atoms with Crippen LogP contribution in [0.1, 0.15) is 46.5 Å². The smallest absolute Gasteiger partial charge is 0.226 e. The predicted octanol–water partition coefficient (Wildman–Crippen LogP) is 2.58. The highest BCUT2D eigenvalue weighted by molar-refractivity contribution is 5.32. The Morgan fingerprint density at radius 2 is 2.15 bits per heavy atom. The molecule has 0 atom stereocenters. The van der Waals surface area contributed by atoms with E-state index in [2.05, 4.69) is 22.2 Å². The van der Waals surface area contributed by atoms with Crippen molar-refractivity contribution < 1.29 is 4.74 Å². The van der Waals surface area contributed by atoms with Crippen LogP contribution in [-0.2, 0) is 0 Å². The molecule has 5 nitrogen and oxygen atoms in total. The Labute approximate surface area is 121 Å². The molecule has 5 heteroatoms. The van der Waals surface area contributed by atoms with Gasteiger partial charge >= 0.3 is 0 Å². The third-order valence-corrected chi connectivity index (χ3v) is 3.99. The molecule has 1 aliphatic carbocycles. The third kappa shape index (κ3) is 3.82. The number of hydrogen-bond acceptors (Lipinski definition) is 5. The fourth-order valence-corrected chi connectivity index (χ4v) is 2.64. The van der Waals surface area contributed by atoms with Crippen molar-refractivity contribution in [2.24, 2.45) is 11.7 Å². The number of rotatable bonds is 5. The topological polar surface area (TPSA) is 73.1 Å². The Morgan fingerprint density at radius 1 is 1.45 bits per heavy atom. The minimum absolute atomic E-state index is 0.0665. The summed E-state index contributed by atoms with van der Waals surface area (Å²) < 4.78 is 5.61. The fourth-order valence-electron chi connectivity index (χ4n) is 2.64. The Bertz CT molecular complexity index is 428. The van der Waals surface area contributed by atoms with Crippen LogP contribution in [0.15, 0.2) is 12.3 Å². The van der Waals surface area contributed by atoms with Crippen LogP contribution >= 0.6 is 0 Å². The van der Waals surface area contributed by atoms with Crippen LogP contribution in [0.25, 0.3) is 0 Å². The second-order valence-electron chi connectivity index (χ2n) is 6.18. The van der Waals surface area contributed by atoms with Crippen molar-refractivity contribution in [3.8, 4) is 5.88 Å². The molecule has 0 bridgehead atoms. The van der Waals surface area contributed by atoms with E-state index in [1.54, 1.807) is 12.3 Å². The summed E-state index contributed by atoms with van der Waals surface area (Å²) in [6, 6.07) is 1.78. The minimum atomic E-state index is -0.0665. The molecular weight excluding hydrogens is 252 g/mol. The molecule has 0 spiro atoms. The maximum Gasteiger partial charge on any atom is 0.226 e. The fraction of sp³-hybridized carbons (Fsp3) is 0.733. The van der Waals surface area contributed by atoms with Crippen LogP contribution in [-0.4, -0.2) is 28.2 Å². The summed E-state index contributed by atoms with van der Waals surface area (Å²) in [5.41, 5.74) is 5.93. The first-order valence-electron chi connectivity index (χ1n) is 7.51. The molecule has 0 radical (unpaired) electrons. The van der Waals surface area contributed by atoms with Crippen molar-refractivity contribution in [3.63, 3.8) is 0 Å². The van der Waals surface area contributed by atoms with E-state index in [4.69, 9.17) is 10.5 Å². The molecule has 2 rings (SSSR count). The Kier molecular flexibility index (Phi) is 4.81. The lowest BCUT2D eigenvalue weighted by Crippen LogP contribution is -2.48. The number of nitrogens with zero attached hydrogens (tertiary/aromatic N) is 2. The first-order chi connectivity index (χ1) is 9.53. The van der Waals surface area contributed by atoms with Gasteiger partial charge in [-0.05, 0) is 45.4 Å². The SMILES string of the molecule is CC1CCC(CN)(Nc2nccc(OC(C)C)n2)CC1. The molecule has 1 aromatic heterocycles. The molecular formula is C15H26N4O. The second-order valence-corrected chi connectivity index (χ2v) is 6.18. The zero-order chi connectivity index (χ0) is 14.6. The van der Waals surface area contributed by atoms with E-state index in [9.17, 15) is 0 Å². The van der Waals surface area contributed by atoms with E-state index in [1.165, 1.54) is 12.8 Å². The zero-order valence-corrected chi connectivity index (χ0v) is 12.7.